The van der Waals surface area contributed by atoms with E-state index in [1.807, 2.05) is 12.2 Å². The normalized spacial score (nSPS) is 15.4. The highest BCUT2D eigenvalue weighted by atomic mass is 16.5. The summed E-state index contributed by atoms with van der Waals surface area (Å²) in [5.74, 6) is -0.180. The minimum absolute atomic E-state index is 0.180. The summed E-state index contributed by atoms with van der Waals surface area (Å²) < 4.78 is 4.82. The predicted octanol–water partition coefficient (Wildman–Crippen LogP) is 4.17. The lowest BCUT2D eigenvalue weighted by molar-refractivity contribution is -0.135. The minimum atomic E-state index is -0.180. The molecular weight excluding hydrogens is 212 g/mol. The number of allylic oxidation sites excluding steroid dienone is 1. The highest BCUT2D eigenvalue weighted by molar-refractivity contribution is 5.93. The highest BCUT2D eigenvalue weighted by Crippen LogP contribution is 2.11. The summed E-state index contributed by atoms with van der Waals surface area (Å²) in [6, 6.07) is 0. The second-order valence-corrected chi connectivity index (χ2v) is 4.57. The summed E-state index contributed by atoms with van der Waals surface area (Å²) in [6.07, 6.45) is 16.2. The molecule has 0 aromatic carbocycles. The van der Waals surface area contributed by atoms with Gasteiger partial charge in [-0.15, -0.1) is 0 Å². The number of hydrogen-bond donors (Lipinski definition) is 0. The molecule has 1 aliphatic rings. The zero-order valence-corrected chi connectivity index (χ0v) is 10.9. The third kappa shape index (κ3) is 6.30. The van der Waals surface area contributed by atoms with E-state index in [0.717, 1.165) is 6.42 Å². The Kier molecular flexibility index (Phi) is 7.44. The Morgan fingerprint density at radius 3 is 2.53 bits per heavy atom. The molecule has 96 valence electrons. The molecule has 0 radical (unpaired) electrons. The Morgan fingerprint density at radius 1 is 1.18 bits per heavy atom. The van der Waals surface area contributed by atoms with Crippen molar-refractivity contribution in [3.63, 3.8) is 0 Å². The van der Waals surface area contributed by atoms with Gasteiger partial charge in [0.05, 0.1) is 5.57 Å². The quantitative estimate of drug-likeness (QED) is 0.443. The van der Waals surface area contributed by atoms with Crippen molar-refractivity contribution < 1.29 is 9.53 Å². The molecule has 0 unspecified atom stereocenters. The first-order valence-electron chi connectivity index (χ1n) is 6.88. The van der Waals surface area contributed by atoms with Crippen LogP contribution in [0.15, 0.2) is 23.8 Å². The van der Waals surface area contributed by atoms with E-state index < -0.39 is 0 Å². The number of hydrogen-bond acceptors (Lipinski definition) is 2. The predicted molar refractivity (Wildman–Crippen MR) is 70.8 cm³/mol. The lowest BCUT2D eigenvalue weighted by atomic mass is 10.1. The smallest absolute Gasteiger partial charge is 0.338 e. The number of rotatable bonds is 9. The molecule has 0 saturated heterocycles. The van der Waals surface area contributed by atoms with E-state index in [0.29, 0.717) is 12.2 Å². The monoisotopic (exact) mass is 236 g/mol. The van der Waals surface area contributed by atoms with Crippen LogP contribution in [-0.4, -0.2) is 12.6 Å². The fourth-order valence-corrected chi connectivity index (χ4v) is 1.94. The van der Waals surface area contributed by atoms with E-state index in [-0.39, 0.29) is 5.97 Å². The summed E-state index contributed by atoms with van der Waals surface area (Å²) >= 11 is 0. The van der Waals surface area contributed by atoms with Gasteiger partial charge in [-0.2, -0.15) is 0 Å². The third-order valence-corrected chi connectivity index (χ3v) is 3.03. The molecule has 0 spiro atoms. The summed E-state index contributed by atoms with van der Waals surface area (Å²) in [6.45, 7) is 2.68. The van der Waals surface area contributed by atoms with Crippen LogP contribution in [0.25, 0.3) is 0 Å². The number of carbonyl (C=O) groups is 1. The van der Waals surface area contributed by atoms with E-state index in [1.165, 1.54) is 44.9 Å². The van der Waals surface area contributed by atoms with Gasteiger partial charge in [0.25, 0.3) is 0 Å². The van der Waals surface area contributed by atoms with Crippen LogP contribution in [0.4, 0.5) is 0 Å². The van der Waals surface area contributed by atoms with Crippen molar-refractivity contribution in [1.29, 1.82) is 0 Å². The molecule has 17 heavy (non-hydrogen) atoms. The van der Waals surface area contributed by atoms with Crippen LogP contribution < -0.4 is 0 Å². The van der Waals surface area contributed by atoms with Crippen LogP contribution in [-0.2, 0) is 9.53 Å². The summed E-state index contributed by atoms with van der Waals surface area (Å²) in [7, 11) is 0. The van der Waals surface area contributed by atoms with Crippen LogP contribution in [0.2, 0.25) is 0 Å². The Labute approximate surface area is 105 Å². The van der Waals surface area contributed by atoms with Crippen LogP contribution in [0, 0.1) is 0 Å². The van der Waals surface area contributed by atoms with Crippen molar-refractivity contribution in [3.05, 3.63) is 23.8 Å². The molecule has 2 nitrogen and oxygen atoms in total. The zero-order valence-electron chi connectivity index (χ0n) is 10.9. The fraction of sp³-hybridized carbons (Fsp3) is 0.667. The molecule has 0 aromatic heterocycles. The van der Waals surface area contributed by atoms with Crippen LogP contribution in [0.5, 0.6) is 0 Å². The van der Waals surface area contributed by atoms with Crippen molar-refractivity contribution in [2.45, 2.75) is 58.3 Å². The Hall–Kier alpha value is -1.05. The topological polar surface area (TPSA) is 26.3 Å². The first-order valence-corrected chi connectivity index (χ1v) is 6.88. The summed E-state index contributed by atoms with van der Waals surface area (Å²) in [4.78, 5) is 11.1. The minimum Gasteiger partial charge on any atom is -0.458 e. The first-order chi connectivity index (χ1) is 8.34. The summed E-state index contributed by atoms with van der Waals surface area (Å²) in [5, 5.41) is 0. The number of cyclic esters (lactones) is 1. The van der Waals surface area contributed by atoms with Gasteiger partial charge in [-0.3, -0.25) is 0 Å². The van der Waals surface area contributed by atoms with E-state index in [1.54, 1.807) is 0 Å². The Balaban J connectivity index is 1.93. The fourth-order valence-electron chi connectivity index (χ4n) is 1.94. The maximum absolute atomic E-state index is 11.1. The maximum atomic E-state index is 11.1. The van der Waals surface area contributed by atoms with Gasteiger partial charge in [0.1, 0.15) is 6.61 Å². The molecule has 0 amide bonds. The number of esters is 1. The summed E-state index contributed by atoms with van der Waals surface area (Å²) in [5.41, 5.74) is 0.716. The molecule has 0 atom stereocenters. The third-order valence-electron chi connectivity index (χ3n) is 3.03. The van der Waals surface area contributed by atoms with Crippen LogP contribution in [0.1, 0.15) is 58.3 Å². The average molecular weight is 236 g/mol. The van der Waals surface area contributed by atoms with E-state index >= 15 is 0 Å². The van der Waals surface area contributed by atoms with E-state index in [2.05, 4.69) is 13.0 Å². The van der Waals surface area contributed by atoms with Gasteiger partial charge in [-0.05, 0) is 18.9 Å². The van der Waals surface area contributed by atoms with Crippen LogP contribution in [0.3, 0.4) is 0 Å². The molecule has 0 N–H and O–H groups in total. The van der Waals surface area contributed by atoms with Crippen molar-refractivity contribution in [3.8, 4) is 0 Å². The SMILES string of the molecule is CCCCCCCCC/C=C/C1=CCOC1=O. The van der Waals surface area contributed by atoms with Gasteiger partial charge in [0.2, 0.25) is 0 Å². The van der Waals surface area contributed by atoms with Gasteiger partial charge < -0.3 is 4.74 Å². The molecule has 0 bridgehead atoms. The van der Waals surface area contributed by atoms with Gasteiger partial charge in [-0.1, -0.05) is 57.6 Å². The lowest BCUT2D eigenvalue weighted by Crippen LogP contribution is -1.96. The Bertz CT molecular complexity index is 277. The van der Waals surface area contributed by atoms with Crippen molar-refractivity contribution >= 4 is 5.97 Å². The van der Waals surface area contributed by atoms with Crippen molar-refractivity contribution in [1.82, 2.24) is 0 Å². The van der Waals surface area contributed by atoms with Crippen LogP contribution >= 0.6 is 0 Å². The number of carbonyl (C=O) groups excluding carboxylic acids is 1. The molecule has 1 aliphatic heterocycles. The van der Waals surface area contributed by atoms with Crippen molar-refractivity contribution in [2.24, 2.45) is 0 Å². The molecule has 1 rings (SSSR count). The van der Waals surface area contributed by atoms with Gasteiger partial charge in [0.15, 0.2) is 0 Å². The first kappa shape index (κ1) is 14.0. The molecule has 0 aliphatic carbocycles. The second kappa shape index (κ2) is 9.03. The second-order valence-electron chi connectivity index (χ2n) is 4.57. The average Bonchev–Trinajstić information content (AvgIpc) is 2.73. The molecule has 0 aromatic rings. The van der Waals surface area contributed by atoms with Gasteiger partial charge in [0, 0.05) is 0 Å². The number of unbranched alkanes of at least 4 members (excludes halogenated alkanes) is 7. The van der Waals surface area contributed by atoms with Crippen molar-refractivity contribution in [2.75, 3.05) is 6.61 Å². The molecule has 1 heterocycles. The number of ether oxygens (including phenoxy) is 1. The molecular formula is C15H24O2. The maximum Gasteiger partial charge on any atom is 0.338 e. The molecule has 0 fully saturated rings. The zero-order chi connectivity index (χ0) is 12.3. The van der Waals surface area contributed by atoms with Gasteiger partial charge in [-0.25, -0.2) is 4.79 Å². The molecule has 2 heteroatoms. The molecule has 0 saturated carbocycles. The highest BCUT2D eigenvalue weighted by Gasteiger charge is 2.12. The van der Waals surface area contributed by atoms with E-state index in [9.17, 15) is 4.79 Å². The largest absolute Gasteiger partial charge is 0.458 e. The lowest BCUT2D eigenvalue weighted by Gasteiger charge is -1.98. The van der Waals surface area contributed by atoms with E-state index in [4.69, 9.17) is 4.74 Å². The van der Waals surface area contributed by atoms with Gasteiger partial charge >= 0.3 is 5.97 Å². The Morgan fingerprint density at radius 2 is 1.88 bits per heavy atom. The standard InChI is InChI=1S/C15H24O2/c1-2-3-4-5-6-7-8-9-10-11-14-12-13-17-15(14)16/h10-12H,2-9,13H2,1H3/b11-10+.